The van der Waals surface area contributed by atoms with Gasteiger partial charge in [-0.15, -0.1) is 0 Å². The highest BCUT2D eigenvalue weighted by atomic mass is 16.5. The van der Waals surface area contributed by atoms with E-state index in [1.165, 1.54) is 0 Å². The molecule has 222 valence electrons. The largest absolute Gasteiger partial charge is 0.496 e. The molecule has 41 heavy (non-hydrogen) atoms. The molecule has 1 aromatic heterocycles. The molecule has 3 aliphatic heterocycles. The van der Waals surface area contributed by atoms with Gasteiger partial charge in [0.25, 0.3) is 5.91 Å². The van der Waals surface area contributed by atoms with E-state index in [-0.39, 0.29) is 35.5 Å². The van der Waals surface area contributed by atoms with Crippen LogP contribution in [0.25, 0.3) is 11.3 Å². The topological polar surface area (TPSA) is 90.0 Å². The van der Waals surface area contributed by atoms with Crippen LogP contribution in [-0.4, -0.2) is 91.2 Å². The van der Waals surface area contributed by atoms with Crippen molar-refractivity contribution in [3.05, 3.63) is 42.1 Å². The fourth-order valence-electron chi connectivity index (χ4n) is 6.66. The number of urea groups is 1. The number of likely N-dealkylation sites (tertiary alicyclic amines) is 1. The number of para-hydroxylation sites is 1. The molecule has 0 bridgehead atoms. The van der Waals surface area contributed by atoms with Crippen molar-refractivity contribution >= 4 is 17.6 Å². The number of nitrogens with one attached hydrogen (secondary N) is 2. The molecule has 3 saturated heterocycles. The number of ether oxygens (including phenoxy) is 1. The Morgan fingerprint density at radius 1 is 1.10 bits per heavy atom. The Hall–Kier alpha value is -3.33. The second kappa shape index (κ2) is 12.3. The zero-order chi connectivity index (χ0) is 29.1. The third-order valence-corrected chi connectivity index (χ3v) is 8.90. The standard InChI is InChI=1S/C32H46N6O3/c1-6-23-21-36(31(40)38-17-9-12-28(38)32(2,3)4)18-19-37(23)26-14-13-25(24-10-7-8-11-27(24)41-5)35-29(26)30(39)34-22-15-16-33-20-22/h7-8,10-11,13-14,22-23,28,33H,6,9,12,15-21H2,1-5H3,(H,34,39)/t22-,23-,28+/m1/s1. The zero-order valence-electron chi connectivity index (χ0n) is 25.3. The van der Waals surface area contributed by atoms with Crippen molar-refractivity contribution in [3.63, 3.8) is 0 Å². The molecule has 3 atom stereocenters. The molecule has 0 radical (unpaired) electrons. The van der Waals surface area contributed by atoms with Crippen molar-refractivity contribution in [2.24, 2.45) is 5.41 Å². The maximum Gasteiger partial charge on any atom is 0.320 e. The summed E-state index contributed by atoms with van der Waals surface area (Å²) in [5.74, 6) is 0.553. The predicted molar refractivity (Wildman–Crippen MR) is 163 cm³/mol. The number of pyridine rings is 1. The SMILES string of the molecule is CC[C@@H]1CN(C(=O)N2CCC[C@H]2C(C)(C)C)CCN1c1ccc(-c2ccccc2OC)nc1C(=O)N[C@@H]1CCNC1. The van der Waals surface area contributed by atoms with Crippen LogP contribution in [0.3, 0.4) is 0 Å². The van der Waals surface area contributed by atoms with Crippen LogP contribution < -0.4 is 20.3 Å². The molecule has 0 aliphatic carbocycles. The van der Waals surface area contributed by atoms with Crippen LogP contribution in [0.4, 0.5) is 10.5 Å². The molecule has 0 unspecified atom stereocenters. The third kappa shape index (κ3) is 6.15. The first-order chi connectivity index (χ1) is 19.7. The van der Waals surface area contributed by atoms with Crippen molar-refractivity contribution in [3.8, 4) is 17.0 Å². The van der Waals surface area contributed by atoms with Gasteiger partial charge in [0.2, 0.25) is 0 Å². The minimum Gasteiger partial charge on any atom is -0.496 e. The number of methoxy groups -OCH3 is 1. The smallest absolute Gasteiger partial charge is 0.320 e. The number of nitrogens with zero attached hydrogens (tertiary/aromatic N) is 4. The zero-order valence-corrected chi connectivity index (χ0v) is 25.3. The number of carbonyl (C=O) groups is 2. The van der Waals surface area contributed by atoms with Gasteiger partial charge in [-0.05, 0) is 61.9 Å². The Kier molecular flexibility index (Phi) is 8.73. The maximum atomic E-state index is 13.7. The van der Waals surface area contributed by atoms with Crippen LogP contribution in [0.2, 0.25) is 0 Å². The number of piperazine rings is 1. The van der Waals surface area contributed by atoms with E-state index in [9.17, 15) is 9.59 Å². The van der Waals surface area contributed by atoms with Gasteiger partial charge in [-0.2, -0.15) is 0 Å². The number of amides is 3. The molecule has 2 aromatic rings. The summed E-state index contributed by atoms with van der Waals surface area (Å²) < 4.78 is 5.59. The van der Waals surface area contributed by atoms with Crippen molar-refractivity contribution in [1.82, 2.24) is 25.4 Å². The normalized spacial score (nSPS) is 23.1. The fraction of sp³-hybridized carbons (Fsp3) is 0.594. The first-order valence-corrected chi connectivity index (χ1v) is 15.2. The van der Waals surface area contributed by atoms with Gasteiger partial charge in [-0.25, -0.2) is 9.78 Å². The molecule has 2 N–H and O–H groups in total. The van der Waals surface area contributed by atoms with E-state index in [1.54, 1.807) is 7.11 Å². The van der Waals surface area contributed by atoms with E-state index in [4.69, 9.17) is 9.72 Å². The number of benzene rings is 1. The second-order valence-corrected chi connectivity index (χ2v) is 12.6. The summed E-state index contributed by atoms with van der Waals surface area (Å²) in [6, 6.07) is 12.3. The average Bonchev–Trinajstić information content (AvgIpc) is 3.69. The molecule has 3 amide bonds. The summed E-state index contributed by atoms with van der Waals surface area (Å²) in [7, 11) is 1.65. The van der Waals surface area contributed by atoms with E-state index in [2.05, 4.69) is 48.1 Å². The van der Waals surface area contributed by atoms with Gasteiger partial charge in [0.05, 0.1) is 18.5 Å². The highest BCUT2D eigenvalue weighted by molar-refractivity contribution is 5.99. The summed E-state index contributed by atoms with van der Waals surface area (Å²) in [6.45, 7) is 13.2. The van der Waals surface area contributed by atoms with Gasteiger partial charge in [-0.3, -0.25) is 4.79 Å². The number of rotatable bonds is 6. The van der Waals surface area contributed by atoms with E-state index >= 15 is 0 Å². The maximum absolute atomic E-state index is 13.7. The Morgan fingerprint density at radius 3 is 2.61 bits per heavy atom. The fourth-order valence-corrected chi connectivity index (χ4v) is 6.66. The quantitative estimate of drug-likeness (QED) is 0.543. The van der Waals surface area contributed by atoms with Gasteiger partial charge in [0, 0.05) is 56.4 Å². The average molecular weight is 563 g/mol. The molecule has 4 heterocycles. The Labute approximate surface area is 244 Å². The monoisotopic (exact) mass is 562 g/mol. The van der Waals surface area contributed by atoms with E-state index in [0.717, 1.165) is 56.6 Å². The second-order valence-electron chi connectivity index (χ2n) is 12.6. The molecule has 0 spiro atoms. The first-order valence-electron chi connectivity index (χ1n) is 15.2. The van der Waals surface area contributed by atoms with Gasteiger partial charge in [0.15, 0.2) is 5.69 Å². The summed E-state index contributed by atoms with van der Waals surface area (Å²) in [6.07, 6.45) is 3.88. The number of anilines is 1. The molecule has 9 nitrogen and oxygen atoms in total. The van der Waals surface area contributed by atoms with Crippen LogP contribution in [0.15, 0.2) is 36.4 Å². The lowest BCUT2D eigenvalue weighted by molar-refractivity contribution is 0.0934. The van der Waals surface area contributed by atoms with Crippen molar-refractivity contribution in [2.75, 3.05) is 51.3 Å². The van der Waals surface area contributed by atoms with Gasteiger partial charge in [-0.1, -0.05) is 39.8 Å². The van der Waals surface area contributed by atoms with Crippen molar-refractivity contribution < 1.29 is 14.3 Å². The van der Waals surface area contributed by atoms with Crippen molar-refractivity contribution in [2.45, 2.75) is 71.5 Å². The Morgan fingerprint density at radius 2 is 1.90 bits per heavy atom. The summed E-state index contributed by atoms with van der Waals surface area (Å²) >= 11 is 0. The number of hydrogen-bond acceptors (Lipinski definition) is 6. The van der Waals surface area contributed by atoms with E-state index in [0.29, 0.717) is 36.8 Å². The minimum absolute atomic E-state index is 0.0596. The molecule has 5 rings (SSSR count). The highest BCUT2D eigenvalue weighted by Gasteiger charge is 2.40. The molecular formula is C32H46N6O3. The summed E-state index contributed by atoms with van der Waals surface area (Å²) in [4.78, 5) is 38.8. The predicted octanol–water partition coefficient (Wildman–Crippen LogP) is 4.38. The molecule has 3 aliphatic rings. The van der Waals surface area contributed by atoms with Crippen LogP contribution in [0.1, 0.15) is 63.9 Å². The summed E-state index contributed by atoms with van der Waals surface area (Å²) in [5, 5.41) is 6.53. The van der Waals surface area contributed by atoms with Crippen LogP contribution in [-0.2, 0) is 0 Å². The van der Waals surface area contributed by atoms with Gasteiger partial charge < -0.3 is 30.1 Å². The number of aromatic nitrogens is 1. The van der Waals surface area contributed by atoms with Crippen LogP contribution in [0, 0.1) is 5.41 Å². The van der Waals surface area contributed by atoms with Crippen LogP contribution in [0.5, 0.6) is 5.75 Å². The lowest BCUT2D eigenvalue weighted by atomic mass is 9.85. The summed E-state index contributed by atoms with van der Waals surface area (Å²) in [5.41, 5.74) is 2.85. The van der Waals surface area contributed by atoms with E-state index < -0.39 is 0 Å². The number of carbonyl (C=O) groups excluding carboxylic acids is 2. The Bertz CT molecular complexity index is 1240. The number of hydrogen-bond donors (Lipinski definition) is 2. The molecule has 9 heteroatoms. The van der Waals surface area contributed by atoms with Gasteiger partial charge >= 0.3 is 6.03 Å². The minimum atomic E-state index is -0.163. The van der Waals surface area contributed by atoms with Crippen molar-refractivity contribution in [1.29, 1.82) is 0 Å². The first kappa shape index (κ1) is 29.2. The third-order valence-electron chi connectivity index (χ3n) is 8.90. The lowest BCUT2D eigenvalue weighted by Gasteiger charge is -2.45. The molecule has 0 saturated carbocycles. The molecular weight excluding hydrogens is 516 g/mol. The van der Waals surface area contributed by atoms with Crippen LogP contribution >= 0.6 is 0 Å². The molecule has 1 aromatic carbocycles. The lowest BCUT2D eigenvalue weighted by Crippen LogP contribution is -2.59. The van der Waals surface area contributed by atoms with Gasteiger partial charge in [0.1, 0.15) is 5.75 Å². The highest BCUT2D eigenvalue weighted by Crippen LogP contribution is 2.35. The molecule has 3 fully saturated rings. The Balaban J connectivity index is 1.42. The van der Waals surface area contributed by atoms with E-state index in [1.807, 2.05) is 41.3 Å².